The molecule has 5 rings (SSSR count). The second-order valence-electron chi connectivity index (χ2n) is 10.1. The summed E-state index contributed by atoms with van der Waals surface area (Å²) in [5.74, 6) is -0.0107. The minimum absolute atomic E-state index is 0.0107. The maximum atomic E-state index is 12.8. The smallest absolute Gasteiger partial charge is 0.410 e. The number of thiazole rings is 1. The minimum Gasteiger partial charge on any atom is -0.444 e. The summed E-state index contributed by atoms with van der Waals surface area (Å²) in [5, 5.41) is 8.29. The largest absolute Gasteiger partial charge is 0.444 e. The van der Waals surface area contributed by atoms with Crippen molar-refractivity contribution < 1.29 is 14.3 Å². The molecule has 0 aromatic carbocycles. The van der Waals surface area contributed by atoms with E-state index >= 15 is 0 Å². The first kappa shape index (κ1) is 24.1. The lowest BCUT2D eigenvalue weighted by Gasteiger charge is -2.30. The summed E-state index contributed by atoms with van der Waals surface area (Å²) >= 11 is 3.14. The van der Waals surface area contributed by atoms with Gasteiger partial charge in [-0.1, -0.05) is 6.42 Å². The van der Waals surface area contributed by atoms with E-state index in [4.69, 9.17) is 9.72 Å². The Hall–Kier alpha value is -2.56. The summed E-state index contributed by atoms with van der Waals surface area (Å²) in [7, 11) is 0. The molecule has 0 unspecified atom stereocenters. The monoisotopic (exact) mass is 513 g/mol. The van der Waals surface area contributed by atoms with E-state index in [0.29, 0.717) is 38.5 Å². The first-order chi connectivity index (χ1) is 16.8. The molecule has 1 aliphatic heterocycles. The van der Waals surface area contributed by atoms with Crippen LogP contribution in [-0.2, 0) is 22.5 Å². The maximum Gasteiger partial charge on any atom is 0.410 e. The molecule has 0 atom stereocenters. The zero-order valence-electron chi connectivity index (χ0n) is 20.3. The zero-order valence-corrected chi connectivity index (χ0v) is 22.0. The van der Waals surface area contributed by atoms with Crippen LogP contribution in [0.3, 0.4) is 0 Å². The van der Waals surface area contributed by atoms with Crippen LogP contribution in [0.4, 0.5) is 9.80 Å². The van der Waals surface area contributed by atoms with Crippen LogP contribution >= 0.6 is 22.7 Å². The van der Waals surface area contributed by atoms with Gasteiger partial charge in [-0.05, 0) is 51.7 Å². The van der Waals surface area contributed by atoms with E-state index in [1.807, 2.05) is 26.8 Å². The van der Waals surface area contributed by atoms with Gasteiger partial charge in [0.2, 0.25) is 5.91 Å². The molecule has 186 valence electrons. The van der Waals surface area contributed by atoms with Crippen LogP contribution in [0.5, 0.6) is 0 Å². The molecule has 0 saturated heterocycles. The molecule has 1 saturated carbocycles. The molecule has 2 aliphatic rings. The van der Waals surface area contributed by atoms with E-state index < -0.39 is 5.60 Å². The molecule has 8 nitrogen and oxygen atoms in total. The number of hydrogen-bond donors (Lipinski definition) is 2. The number of anilines is 1. The first-order valence-electron chi connectivity index (χ1n) is 12.1. The van der Waals surface area contributed by atoms with Crippen LogP contribution in [-0.4, -0.2) is 51.6 Å². The average Bonchev–Trinajstić information content (AvgIpc) is 3.34. The lowest BCUT2D eigenvalue weighted by Crippen LogP contribution is -2.39. The number of ether oxygens (including phenoxy) is 1. The van der Waals surface area contributed by atoms with Crippen molar-refractivity contribution in [3.8, 4) is 10.6 Å². The van der Waals surface area contributed by atoms with E-state index in [0.717, 1.165) is 36.2 Å². The number of aromatic nitrogens is 2. The van der Waals surface area contributed by atoms with Gasteiger partial charge in [0.25, 0.3) is 0 Å². The van der Waals surface area contributed by atoms with E-state index in [1.54, 1.807) is 28.6 Å². The van der Waals surface area contributed by atoms with Crippen LogP contribution < -0.4 is 10.6 Å². The van der Waals surface area contributed by atoms with Crippen molar-refractivity contribution in [2.24, 2.45) is 0 Å². The summed E-state index contributed by atoms with van der Waals surface area (Å²) < 4.78 is 6.65. The number of carbonyl (C=O) groups excluding carboxylic acids is 2. The normalized spacial score (nSPS) is 16.1. The molecule has 4 heterocycles. The Kier molecular flexibility index (Phi) is 6.78. The molecular formula is C25H31N5O3S2. The van der Waals surface area contributed by atoms with Gasteiger partial charge in [0.1, 0.15) is 21.1 Å². The number of nitrogens with one attached hydrogen (secondary N) is 2. The topological polar surface area (TPSA) is 96.5 Å². The first-order valence-corrected chi connectivity index (χ1v) is 13.8. The third kappa shape index (κ3) is 5.49. The second kappa shape index (κ2) is 9.83. The van der Waals surface area contributed by atoms with Crippen molar-refractivity contribution in [1.82, 2.24) is 20.2 Å². The third-order valence-electron chi connectivity index (χ3n) is 6.26. The van der Waals surface area contributed by atoms with E-state index in [1.165, 1.54) is 30.6 Å². The van der Waals surface area contributed by atoms with E-state index in [9.17, 15) is 9.59 Å². The van der Waals surface area contributed by atoms with Gasteiger partial charge in [0.15, 0.2) is 0 Å². The summed E-state index contributed by atoms with van der Waals surface area (Å²) in [6, 6.07) is 2.52. The summed E-state index contributed by atoms with van der Waals surface area (Å²) in [6.07, 6.45) is 8.00. The van der Waals surface area contributed by atoms with Crippen LogP contribution in [0, 0.1) is 0 Å². The van der Waals surface area contributed by atoms with Crippen molar-refractivity contribution >= 4 is 49.9 Å². The quantitative estimate of drug-likeness (QED) is 0.471. The van der Waals surface area contributed by atoms with Gasteiger partial charge in [0.05, 0.1) is 17.4 Å². The van der Waals surface area contributed by atoms with Crippen molar-refractivity contribution in [2.45, 2.75) is 71.1 Å². The lowest BCUT2D eigenvalue weighted by atomic mass is 9.93. The second-order valence-corrected chi connectivity index (χ2v) is 12.2. The van der Waals surface area contributed by atoms with Crippen LogP contribution in [0.25, 0.3) is 20.8 Å². The zero-order chi connectivity index (χ0) is 24.6. The van der Waals surface area contributed by atoms with Gasteiger partial charge in [0, 0.05) is 42.2 Å². The number of amides is 2. The van der Waals surface area contributed by atoms with Crippen molar-refractivity contribution in [3.63, 3.8) is 0 Å². The van der Waals surface area contributed by atoms with Crippen LogP contribution in [0.1, 0.15) is 56.9 Å². The van der Waals surface area contributed by atoms with Gasteiger partial charge < -0.3 is 20.3 Å². The molecule has 10 heteroatoms. The Labute approximate surface area is 213 Å². The number of pyridine rings is 1. The maximum absolute atomic E-state index is 12.8. The summed E-state index contributed by atoms with van der Waals surface area (Å²) in [4.78, 5) is 37.4. The Balaban J connectivity index is 1.40. The molecule has 2 amide bonds. The highest BCUT2D eigenvalue weighted by atomic mass is 32.1. The molecule has 0 spiro atoms. The van der Waals surface area contributed by atoms with E-state index in [2.05, 4.69) is 15.6 Å². The predicted molar refractivity (Wildman–Crippen MR) is 140 cm³/mol. The van der Waals surface area contributed by atoms with Crippen molar-refractivity contribution in [2.75, 3.05) is 18.4 Å². The number of fused-ring (bicyclic) bond motifs is 2. The number of nitrogens with zero attached hydrogens (tertiary/aromatic N) is 3. The number of carbonyl (C=O) groups is 2. The van der Waals surface area contributed by atoms with Crippen molar-refractivity contribution in [1.29, 1.82) is 0 Å². The van der Waals surface area contributed by atoms with Gasteiger partial charge in [-0.25, -0.2) is 9.78 Å². The highest BCUT2D eigenvalue weighted by Crippen LogP contribution is 2.45. The SMILES string of the molecule is CC(C)(C)OC(=O)N1CCc2c(sc(NC(=O)CCNC3CCC3)c2-c2nc3cnccc3s2)C1. The highest BCUT2D eigenvalue weighted by molar-refractivity contribution is 7.22. The highest BCUT2D eigenvalue weighted by Gasteiger charge is 2.31. The molecule has 0 radical (unpaired) electrons. The molecule has 2 N–H and O–H groups in total. The van der Waals surface area contributed by atoms with Crippen molar-refractivity contribution in [3.05, 3.63) is 28.9 Å². The fourth-order valence-electron chi connectivity index (χ4n) is 4.28. The molecular weight excluding hydrogens is 482 g/mol. The molecule has 1 aliphatic carbocycles. The molecule has 0 bridgehead atoms. The van der Waals surface area contributed by atoms with Gasteiger partial charge in [-0.2, -0.15) is 0 Å². The summed E-state index contributed by atoms with van der Waals surface area (Å²) in [6.45, 7) is 7.33. The molecule has 1 fully saturated rings. The third-order valence-corrected chi connectivity index (χ3v) is 8.44. The Morgan fingerprint density at radius 2 is 2.09 bits per heavy atom. The number of thiophene rings is 1. The van der Waals surface area contributed by atoms with Gasteiger partial charge >= 0.3 is 6.09 Å². The minimum atomic E-state index is -0.542. The predicted octanol–water partition coefficient (Wildman–Crippen LogP) is 5.18. The Morgan fingerprint density at radius 3 is 2.80 bits per heavy atom. The van der Waals surface area contributed by atoms with Gasteiger partial charge in [-0.15, -0.1) is 22.7 Å². The fourth-order valence-corrected chi connectivity index (χ4v) is 6.64. The lowest BCUT2D eigenvalue weighted by molar-refractivity contribution is -0.116. The fraction of sp³-hybridized carbons (Fsp3) is 0.520. The number of rotatable bonds is 6. The molecule has 3 aromatic heterocycles. The van der Waals surface area contributed by atoms with Crippen LogP contribution in [0.15, 0.2) is 18.5 Å². The standard InChI is InChI=1S/C25H31N5O3S2/c1-25(2,3)33-24(32)30-12-9-16-19(14-30)35-23(29-20(31)8-11-27-15-5-4-6-15)21(16)22-28-17-13-26-10-7-18(17)34-22/h7,10,13,15,27H,4-6,8-9,11-12,14H2,1-3H3,(H,29,31). The number of hydrogen-bond acceptors (Lipinski definition) is 8. The summed E-state index contributed by atoms with van der Waals surface area (Å²) in [5.41, 5.74) is 2.44. The average molecular weight is 514 g/mol. The van der Waals surface area contributed by atoms with Crippen LogP contribution in [0.2, 0.25) is 0 Å². The molecule has 35 heavy (non-hydrogen) atoms. The Bertz CT molecular complexity index is 1210. The molecule has 3 aromatic rings. The van der Waals surface area contributed by atoms with E-state index in [-0.39, 0.29) is 12.0 Å². The van der Waals surface area contributed by atoms with Gasteiger partial charge in [-0.3, -0.25) is 9.78 Å². The Morgan fingerprint density at radius 1 is 1.26 bits per heavy atom.